The van der Waals surface area contributed by atoms with Gasteiger partial charge in [-0.25, -0.2) is 9.67 Å². The van der Waals surface area contributed by atoms with Gasteiger partial charge in [0.25, 0.3) is 5.91 Å². The van der Waals surface area contributed by atoms with E-state index >= 15 is 0 Å². The molecule has 2 aromatic heterocycles. The predicted molar refractivity (Wildman–Crippen MR) is 88.5 cm³/mol. The standard InChI is InChI=1S/C17H23N5O/c1-11-6-13(3)22(20-11)16-5-4-15(9-19-16)17(23)21-10-14(8-18)7-12(21)2/h4-6,9,12,14H,7-8,10,18H2,1-3H3. The van der Waals surface area contributed by atoms with Crippen LogP contribution in [0.5, 0.6) is 0 Å². The topological polar surface area (TPSA) is 77.0 Å². The van der Waals surface area contributed by atoms with Gasteiger partial charge in [0.05, 0.1) is 11.3 Å². The van der Waals surface area contributed by atoms with E-state index in [1.807, 2.05) is 36.9 Å². The summed E-state index contributed by atoms with van der Waals surface area (Å²) in [6.45, 7) is 7.37. The molecule has 1 amide bonds. The molecular formula is C17H23N5O. The minimum Gasteiger partial charge on any atom is -0.336 e. The minimum absolute atomic E-state index is 0.0286. The van der Waals surface area contributed by atoms with Crippen LogP contribution in [0.2, 0.25) is 0 Å². The van der Waals surface area contributed by atoms with Crippen molar-refractivity contribution in [3.8, 4) is 5.82 Å². The normalized spacial score (nSPS) is 21.0. The van der Waals surface area contributed by atoms with Gasteiger partial charge in [0, 0.05) is 24.5 Å². The molecule has 2 atom stereocenters. The molecule has 0 saturated carbocycles. The van der Waals surface area contributed by atoms with Crippen LogP contribution in [0.15, 0.2) is 24.4 Å². The molecule has 122 valence electrons. The third kappa shape index (κ3) is 2.99. The molecule has 0 spiro atoms. The first kappa shape index (κ1) is 15.7. The summed E-state index contributed by atoms with van der Waals surface area (Å²) in [5, 5.41) is 4.41. The van der Waals surface area contributed by atoms with E-state index in [0.717, 1.165) is 30.2 Å². The van der Waals surface area contributed by atoms with Gasteiger partial charge in [0.2, 0.25) is 0 Å². The second-order valence-electron chi connectivity index (χ2n) is 6.39. The molecule has 2 unspecified atom stereocenters. The SMILES string of the molecule is Cc1cc(C)n(-c2ccc(C(=O)N3CC(CN)CC3C)cn2)n1. The van der Waals surface area contributed by atoms with Gasteiger partial charge in [-0.15, -0.1) is 0 Å². The fraction of sp³-hybridized carbons (Fsp3) is 0.471. The Bertz CT molecular complexity index is 706. The van der Waals surface area contributed by atoms with Crippen LogP contribution in [-0.4, -0.2) is 44.7 Å². The maximum Gasteiger partial charge on any atom is 0.255 e. The Hall–Kier alpha value is -2.21. The first-order valence-electron chi connectivity index (χ1n) is 8.00. The highest BCUT2D eigenvalue weighted by atomic mass is 16.2. The molecule has 6 heteroatoms. The Morgan fingerprint density at radius 1 is 1.39 bits per heavy atom. The molecule has 1 aliphatic heterocycles. The number of nitrogens with zero attached hydrogens (tertiary/aromatic N) is 4. The Morgan fingerprint density at radius 3 is 2.70 bits per heavy atom. The lowest BCUT2D eigenvalue weighted by Crippen LogP contribution is -2.34. The van der Waals surface area contributed by atoms with E-state index in [1.54, 1.807) is 10.9 Å². The maximum atomic E-state index is 12.7. The van der Waals surface area contributed by atoms with Gasteiger partial charge in [-0.1, -0.05) is 0 Å². The molecule has 3 heterocycles. The van der Waals surface area contributed by atoms with Crippen molar-refractivity contribution in [1.82, 2.24) is 19.7 Å². The molecule has 2 N–H and O–H groups in total. The lowest BCUT2D eigenvalue weighted by atomic mass is 10.1. The second-order valence-corrected chi connectivity index (χ2v) is 6.39. The molecule has 1 saturated heterocycles. The highest BCUT2D eigenvalue weighted by Gasteiger charge is 2.32. The molecule has 0 radical (unpaired) electrons. The van der Waals surface area contributed by atoms with Gasteiger partial charge in [0.15, 0.2) is 5.82 Å². The molecule has 2 aromatic rings. The molecule has 0 aromatic carbocycles. The molecule has 6 nitrogen and oxygen atoms in total. The summed E-state index contributed by atoms with van der Waals surface area (Å²) in [5.74, 6) is 1.15. The summed E-state index contributed by atoms with van der Waals surface area (Å²) >= 11 is 0. The van der Waals surface area contributed by atoms with Crippen LogP contribution in [0.1, 0.15) is 35.1 Å². The van der Waals surface area contributed by atoms with Crippen molar-refractivity contribution in [3.63, 3.8) is 0 Å². The van der Waals surface area contributed by atoms with Crippen LogP contribution < -0.4 is 5.73 Å². The van der Waals surface area contributed by atoms with Crippen molar-refractivity contribution in [1.29, 1.82) is 0 Å². The van der Waals surface area contributed by atoms with E-state index in [0.29, 0.717) is 18.0 Å². The van der Waals surface area contributed by atoms with E-state index in [9.17, 15) is 4.79 Å². The molecule has 0 bridgehead atoms. The molecular weight excluding hydrogens is 290 g/mol. The predicted octanol–water partition coefficient (Wildman–Crippen LogP) is 1.69. The lowest BCUT2D eigenvalue weighted by Gasteiger charge is -2.21. The summed E-state index contributed by atoms with van der Waals surface area (Å²) in [7, 11) is 0. The fourth-order valence-electron chi connectivity index (χ4n) is 3.26. The number of aromatic nitrogens is 3. The van der Waals surface area contributed by atoms with Crippen molar-refractivity contribution < 1.29 is 4.79 Å². The number of hydrogen-bond acceptors (Lipinski definition) is 4. The monoisotopic (exact) mass is 313 g/mol. The van der Waals surface area contributed by atoms with Crippen LogP contribution in [0.3, 0.4) is 0 Å². The second kappa shape index (κ2) is 6.12. The summed E-state index contributed by atoms with van der Waals surface area (Å²) in [6, 6.07) is 5.89. The van der Waals surface area contributed by atoms with Crippen LogP contribution in [0, 0.1) is 19.8 Å². The Balaban J connectivity index is 1.80. The first-order valence-corrected chi connectivity index (χ1v) is 8.00. The largest absolute Gasteiger partial charge is 0.336 e. The quantitative estimate of drug-likeness (QED) is 0.935. The van der Waals surface area contributed by atoms with Crippen molar-refractivity contribution in [2.75, 3.05) is 13.1 Å². The van der Waals surface area contributed by atoms with Crippen molar-refractivity contribution in [3.05, 3.63) is 41.3 Å². The number of carbonyl (C=O) groups excluding carboxylic acids is 1. The van der Waals surface area contributed by atoms with E-state index in [4.69, 9.17) is 5.73 Å². The summed E-state index contributed by atoms with van der Waals surface area (Å²) in [4.78, 5) is 19.0. The Labute approximate surface area is 136 Å². The number of rotatable bonds is 3. The Morgan fingerprint density at radius 2 is 2.17 bits per heavy atom. The van der Waals surface area contributed by atoms with Crippen molar-refractivity contribution in [2.24, 2.45) is 11.7 Å². The first-order chi connectivity index (χ1) is 11.0. The summed E-state index contributed by atoms with van der Waals surface area (Å²) in [6.07, 6.45) is 2.61. The van der Waals surface area contributed by atoms with Crippen molar-refractivity contribution in [2.45, 2.75) is 33.2 Å². The molecule has 1 aliphatic rings. The van der Waals surface area contributed by atoms with Crippen LogP contribution >= 0.6 is 0 Å². The van der Waals surface area contributed by atoms with E-state index in [-0.39, 0.29) is 11.9 Å². The van der Waals surface area contributed by atoms with E-state index in [1.165, 1.54) is 0 Å². The lowest BCUT2D eigenvalue weighted by molar-refractivity contribution is 0.0743. The fourth-order valence-corrected chi connectivity index (χ4v) is 3.26. The molecule has 0 aliphatic carbocycles. The number of amides is 1. The third-order valence-corrected chi connectivity index (χ3v) is 4.48. The zero-order valence-corrected chi connectivity index (χ0v) is 13.9. The zero-order valence-electron chi connectivity index (χ0n) is 13.9. The number of hydrogen-bond donors (Lipinski definition) is 1. The number of aryl methyl sites for hydroxylation is 2. The van der Waals surface area contributed by atoms with Crippen LogP contribution in [0.25, 0.3) is 5.82 Å². The summed E-state index contributed by atoms with van der Waals surface area (Å²) in [5.41, 5.74) is 8.32. The average molecular weight is 313 g/mol. The molecule has 23 heavy (non-hydrogen) atoms. The maximum absolute atomic E-state index is 12.7. The van der Waals surface area contributed by atoms with Gasteiger partial charge in [-0.05, 0) is 57.9 Å². The van der Waals surface area contributed by atoms with Crippen LogP contribution in [-0.2, 0) is 0 Å². The van der Waals surface area contributed by atoms with Gasteiger partial charge in [-0.3, -0.25) is 4.79 Å². The third-order valence-electron chi connectivity index (χ3n) is 4.48. The van der Waals surface area contributed by atoms with E-state index < -0.39 is 0 Å². The zero-order chi connectivity index (χ0) is 16.6. The van der Waals surface area contributed by atoms with Crippen LogP contribution in [0.4, 0.5) is 0 Å². The Kier molecular flexibility index (Phi) is 4.17. The molecule has 3 rings (SSSR count). The van der Waals surface area contributed by atoms with Gasteiger partial charge in [-0.2, -0.15) is 5.10 Å². The summed E-state index contributed by atoms with van der Waals surface area (Å²) < 4.78 is 1.78. The van der Waals surface area contributed by atoms with Gasteiger partial charge in [0.1, 0.15) is 0 Å². The highest BCUT2D eigenvalue weighted by Crippen LogP contribution is 2.24. The van der Waals surface area contributed by atoms with Crippen molar-refractivity contribution >= 4 is 5.91 Å². The number of nitrogens with two attached hydrogens (primary N) is 1. The van der Waals surface area contributed by atoms with E-state index in [2.05, 4.69) is 17.0 Å². The van der Waals surface area contributed by atoms with Gasteiger partial charge >= 0.3 is 0 Å². The molecule has 1 fully saturated rings. The number of pyridine rings is 1. The smallest absolute Gasteiger partial charge is 0.255 e. The number of likely N-dealkylation sites (tertiary alicyclic amines) is 1. The highest BCUT2D eigenvalue weighted by molar-refractivity contribution is 5.94. The average Bonchev–Trinajstić information content (AvgIpc) is 3.08. The minimum atomic E-state index is 0.0286. The number of carbonyl (C=O) groups is 1. The van der Waals surface area contributed by atoms with Gasteiger partial charge < -0.3 is 10.6 Å².